The van der Waals surface area contributed by atoms with Gasteiger partial charge in [-0.25, -0.2) is 4.79 Å². The van der Waals surface area contributed by atoms with Crippen LogP contribution in [-0.4, -0.2) is 36.9 Å². The van der Waals surface area contributed by atoms with Gasteiger partial charge in [0.25, 0.3) is 0 Å². The standard InChI is InChI=1S/C13H25NO3/c1-5-9-16-10-13(7-6-8-14-13)11(15)17-12(2,3)4/h14H,5-10H2,1-4H3. The average molecular weight is 243 g/mol. The summed E-state index contributed by atoms with van der Waals surface area (Å²) < 4.78 is 11.0. The molecule has 0 aromatic carbocycles. The molecule has 0 spiro atoms. The summed E-state index contributed by atoms with van der Waals surface area (Å²) in [7, 11) is 0. The van der Waals surface area contributed by atoms with Gasteiger partial charge in [-0.15, -0.1) is 0 Å². The van der Waals surface area contributed by atoms with Crippen molar-refractivity contribution in [2.24, 2.45) is 0 Å². The Balaban J connectivity index is 2.60. The predicted molar refractivity (Wildman–Crippen MR) is 66.9 cm³/mol. The maximum atomic E-state index is 12.2. The molecule has 1 aliphatic rings. The first-order valence-corrected chi connectivity index (χ1v) is 6.46. The van der Waals surface area contributed by atoms with Crippen molar-refractivity contribution in [2.45, 2.75) is 58.1 Å². The van der Waals surface area contributed by atoms with Crippen LogP contribution in [0.3, 0.4) is 0 Å². The number of hydrogen-bond donors (Lipinski definition) is 1. The number of rotatable bonds is 5. The van der Waals surface area contributed by atoms with Crippen LogP contribution in [-0.2, 0) is 14.3 Å². The third kappa shape index (κ3) is 4.28. The highest BCUT2D eigenvalue weighted by molar-refractivity contribution is 5.81. The summed E-state index contributed by atoms with van der Waals surface area (Å²) >= 11 is 0. The summed E-state index contributed by atoms with van der Waals surface area (Å²) in [5.74, 6) is -0.182. The van der Waals surface area contributed by atoms with Crippen molar-refractivity contribution < 1.29 is 14.3 Å². The van der Waals surface area contributed by atoms with Gasteiger partial charge in [0.15, 0.2) is 0 Å². The molecule has 1 saturated heterocycles. The smallest absolute Gasteiger partial charge is 0.329 e. The van der Waals surface area contributed by atoms with E-state index in [0.717, 1.165) is 25.8 Å². The zero-order chi connectivity index (χ0) is 12.9. The van der Waals surface area contributed by atoms with E-state index in [-0.39, 0.29) is 5.97 Å². The largest absolute Gasteiger partial charge is 0.459 e. The van der Waals surface area contributed by atoms with Gasteiger partial charge in [0, 0.05) is 6.61 Å². The lowest BCUT2D eigenvalue weighted by molar-refractivity contribution is -0.165. The predicted octanol–water partition coefficient (Wildman–Crippen LogP) is 1.88. The molecule has 1 atom stereocenters. The van der Waals surface area contributed by atoms with Gasteiger partial charge in [0.05, 0.1) is 6.61 Å². The zero-order valence-corrected chi connectivity index (χ0v) is 11.5. The minimum atomic E-state index is -0.623. The second-order valence-electron chi connectivity index (χ2n) is 5.67. The van der Waals surface area contributed by atoms with Crippen LogP contribution in [0.4, 0.5) is 0 Å². The highest BCUT2D eigenvalue weighted by Gasteiger charge is 2.44. The fourth-order valence-corrected chi connectivity index (χ4v) is 1.93. The van der Waals surface area contributed by atoms with Crippen LogP contribution >= 0.6 is 0 Å². The first-order chi connectivity index (χ1) is 7.90. The lowest BCUT2D eigenvalue weighted by Gasteiger charge is -2.31. The lowest BCUT2D eigenvalue weighted by Crippen LogP contribution is -2.54. The Morgan fingerprint density at radius 1 is 1.41 bits per heavy atom. The summed E-state index contributed by atoms with van der Waals surface area (Å²) in [5, 5.41) is 3.25. The number of nitrogens with one attached hydrogen (secondary N) is 1. The fraction of sp³-hybridized carbons (Fsp3) is 0.923. The second-order valence-corrected chi connectivity index (χ2v) is 5.67. The molecular weight excluding hydrogens is 218 g/mol. The minimum absolute atomic E-state index is 0.182. The van der Waals surface area contributed by atoms with E-state index in [0.29, 0.717) is 13.2 Å². The molecule has 1 unspecified atom stereocenters. The number of carbonyl (C=O) groups excluding carboxylic acids is 1. The summed E-state index contributed by atoms with van der Waals surface area (Å²) in [6.45, 7) is 9.68. The van der Waals surface area contributed by atoms with E-state index >= 15 is 0 Å². The molecule has 0 aliphatic carbocycles. The van der Waals surface area contributed by atoms with Crippen molar-refractivity contribution in [2.75, 3.05) is 19.8 Å². The van der Waals surface area contributed by atoms with Crippen molar-refractivity contribution in [1.82, 2.24) is 5.32 Å². The Morgan fingerprint density at radius 2 is 2.12 bits per heavy atom. The Kier molecular flexibility index (Phi) is 4.95. The third-order valence-corrected chi connectivity index (χ3v) is 2.73. The molecular formula is C13H25NO3. The average Bonchev–Trinajstić information content (AvgIpc) is 2.65. The van der Waals surface area contributed by atoms with Crippen LogP contribution in [0.15, 0.2) is 0 Å². The summed E-state index contributed by atoms with van der Waals surface area (Å²) in [6, 6.07) is 0. The second kappa shape index (κ2) is 5.83. The topological polar surface area (TPSA) is 47.6 Å². The summed E-state index contributed by atoms with van der Waals surface area (Å²) in [6.07, 6.45) is 2.75. The third-order valence-electron chi connectivity index (χ3n) is 2.73. The van der Waals surface area contributed by atoms with Gasteiger partial charge >= 0.3 is 5.97 Å². The molecule has 0 radical (unpaired) electrons. The normalized spacial score (nSPS) is 24.9. The van der Waals surface area contributed by atoms with Gasteiger partial charge in [-0.2, -0.15) is 0 Å². The van der Waals surface area contributed by atoms with Crippen LogP contribution in [0.1, 0.15) is 47.0 Å². The molecule has 4 heteroatoms. The van der Waals surface area contributed by atoms with Crippen LogP contribution in [0.2, 0.25) is 0 Å². The molecule has 4 nitrogen and oxygen atoms in total. The molecule has 1 aliphatic heterocycles. The Hall–Kier alpha value is -0.610. The van der Waals surface area contributed by atoms with Crippen molar-refractivity contribution in [3.05, 3.63) is 0 Å². The van der Waals surface area contributed by atoms with Gasteiger partial charge in [-0.1, -0.05) is 6.92 Å². The van der Waals surface area contributed by atoms with Crippen LogP contribution in [0.5, 0.6) is 0 Å². The highest BCUT2D eigenvalue weighted by Crippen LogP contribution is 2.24. The number of carbonyl (C=O) groups is 1. The summed E-state index contributed by atoms with van der Waals surface area (Å²) in [5.41, 5.74) is -1.07. The molecule has 0 aromatic rings. The molecule has 1 rings (SSSR count). The molecule has 0 aromatic heterocycles. The van der Waals surface area contributed by atoms with Gasteiger partial charge in [0.1, 0.15) is 11.1 Å². The van der Waals surface area contributed by atoms with Crippen molar-refractivity contribution in [3.63, 3.8) is 0 Å². The van der Waals surface area contributed by atoms with Crippen molar-refractivity contribution in [3.8, 4) is 0 Å². The molecule has 17 heavy (non-hydrogen) atoms. The van der Waals surface area contributed by atoms with Gasteiger partial charge in [-0.3, -0.25) is 5.32 Å². The van der Waals surface area contributed by atoms with Gasteiger partial charge in [-0.05, 0) is 46.6 Å². The Morgan fingerprint density at radius 3 is 2.59 bits per heavy atom. The SMILES string of the molecule is CCCOCC1(C(=O)OC(C)(C)C)CCCN1. The van der Waals surface area contributed by atoms with Crippen LogP contribution in [0, 0.1) is 0 Å². The van der Waals surface area contributed by atoms with Crippen LogP contribution in [0.25, 0.3) is 0 Å². The van der Waals surface area contributed by atoms with E-state index in [9.17, 15) is 4.79 Å². The lowest BCUT2D eigenvalue weighted by atomic mass is 9.98. The maximum Gasteiger partial charge on any atom is 0.329 e. The molecule has 1 heterocycles. The van der Waals surface area contributed by atoms with Crippen molar-refractivity contribution in [1.29, 1.82) is 0 Å². The first kappa shape index (κ1) is 14.5. The molecule has 100 valence electrons. The molecule has 0 saturated carbocycles. The number of ether oxygens (including phenoxy) is 2. The summed E-state index contributed by atoms with van der Waals surface area (Å²) in [4.78, 5) is 12.2. The van der Waals surface area contributed by atoms with Gasteiger partial charge < -0.3 is 9.47 Å². The monoisotopic (exact) mass is 243 g/mol. The highest BCUT2D eigenvalue weighted by atomic mass is 16.6. The molecule has 1 N–H and O–H groups in total. The van der Waals surface area contributed by atoms with E-state index in [1.807, 2.05) is 20.8 Å². The first-order valence-electron chi connectivity index (χ1n) is 6.46. The Bertz CT molecular complexity index is 252. The molecule has 1 fully saturated rings. The molecule has 0 amide bonds. The minimum Gasteiger partial charge on any atom is -0.459 e. The zero-order valence-electron chi connectivity index (χ0n) is 11.5. The van der Waals surface area contributed by atoms with Crippen molar-refractivity contribution >= 4 is 5.97 Å². The quantitative estimate of drug-likeness (QED) is 0.591. The van der Waals surface area contributed by atoms with Crippen LogP contribution < -0.4 is 5.32 Å². The molecule has 0 bridgehead atoms. The van der Waals surface area contributed by atoms with E-state index in [1.54, 1.807) is 0 Å². The van der Waals surface area contributed by atoms with E-state index in [1.165, 1.54) is 0 Å². The van der Waals surface area contributed by atoms with Gasteiger partial charge in [0.2, 0.25) is 0 Å². The maximum absolute atomic E-state index is 12.2. The van der Waals surface area contributed by atoms with E-state index < -0.39 is 11.1 Å². The number of hydrogen-bond acceptors (Lipinski definition) is 4. The number of esters is 1. The Labute approximate surface area is 104 Å². The van der Waals surface area contributed by atoms with E-state index in [4.69, 9.17) is 9.47 Å². The van der Waals surface area contributed by atoms with E-state index in [2.05, 4.69) is 12.2 Å². The fourth-order valence-electron chi connectivity index (χ4n) is 1.93.